The second kappa shape index (κ2) is 8.19. The molecule has 34 heavy (non-hydrogen) atoms. The fourth-order valence-corrected chi connectivity index (χ4v) is 7.16. The Morgan fingerprint density at radius 3 is 2.44 bits per heavy atom. The van der Waals surface area contributed by atoms with Crippen LogP contribution in [0.3, 0.4) is 0 Å². The number of aromatic amines is 1. The van der Waals surface area contributed by atoms with E-state index in [-0.39, 0.29) is 5.41 Å². The molecule has 12 heteroatoms. The van der Waals surface area contributed by atoms with E-state index < -0.39 is 33.7 Å². The Morgan fingerprint density at radius 1 is 1.26 bits per heavy atom. The summed E-state index contributed by atoms with van der Waals surface area (Å²) < 4.78 is 1.52. The number of rotatable bonds is 4. The molecule has 178 valence electrons. The van der Waals surface area contributed by atoms with Crippen LogP contribution < -0.4 is 16.7 Å². The van der Waals surface area contributed by atoms with Crippen molar-refractivity contribution >= 4 is 28.1 Å². The van der Waals surface area contributed by atoms with Gasteiger partial charge in [-0.05, 0) is 95.3 Å². The quantitative estimate of drug-likeness (QED) is 0.205. The molecule has 1 heterocycles. The highest BCUT2D eigenvalue weighted by atomic mass is 79.9. The van der Waals surface area contributed by atoms with Crippen molar-refractivity contribution in [3.63, 3.8) is 0 Å². The zero-order valence-electron chi connectivity index (χ0n) is 18.1. The van der Waals surface area contributed by atoms with Crippen molar-refractivity contribution in [2.45, 2.75) is 43.9 Å². The van der Waals surface area contributed by atoms with Crippen LogP contribution in [0.2, 0.25) is 0 Å². The topological polar surface area (TPSA) is 166 Å². The summed E-state index contributed by atoms with van der Waals surface area (Å²) in [6, 6.07) is 5.74. The highest BCUT2D eigenvalue weighted by molar-refractivity contribution is 9.10. The molecule has 0 aliphatic heterocycles. The van der Waals surface area contributed by atoms with Crippen LogP contribution in [0.1, 0.15) is 49.7 Å². The summed E-state index contributed by atoms with van der Waals surface area (Å²) in [5.41, 5.74) is 1.03. The molecule has 0 amide bonds. The highest BCUT2D eigenvalue weighted by Gasteiger charge is 2.51. The Bertz CT molecular complexity index is 1310. The molecule has 1 aromatic heterocycles. The second-order valence-corrected chi connectivity index (χ2v) is 10.5. The number of aliphatic imine (C=N–C) groups is 1. The number of halogens is 1. The van der Waals surface area contributed by atoms with Gasteiger partial charge in [-0.2, -0.15) is 0 Å². The van der Waals surface area contributed by atoms with E-state index in [1.807, 2.05) is 12.1 Å². The van der Waals surface area contributed by atoms with Gasteiger partial charge in [-0.15, -0.1) is 0 Å². The number of nitrogens with zero attached hydrogens (tertiary/aromatic N) is 3. The van der Waals surface area contributed by atoms with Gasteiger partial charge in [0.1, 0.15) is 5.56 Å². The van der Waals surface area contributed by atoms with Crippen LogP contribution in [0.4, 0.5) is 0 Å². The SMILES string of the molecule is N=C(N=Cc1c(O)n(-c2ccc(C34CC5CC(CC(C5)C3)C4)cc2Br)c(=O)[nH]c1=O)N[N+](=O)[O-]. The summed E-state index contributed by atoms with van der Waals surface area (Å²) in [4.78, 5) is 40.8. The number of benzene rings is 1. The summed E-state index contributed by atoms with van der Waals surface area (Å²) >= 11 is 3.55. The molecule has 4 saturated carbocycles. The normalized spacial score (nSPS) is 27.3. The van der Waals surface area contributed by atoms with E-state index in [9.17, 15) is 24.8 Å². The van der Waals surface area contributed by atoms with Gasteiger partial charge in [0.2, 0.25) is 5.88 Å². The zero-order valence-corrected chi connectivity index (χ0v) is 19.7. The van der Waals surface area contributed by atoms with E-state index in [0.717, 1.165) is 28.5 Å². The van der Waals surface area contributed by atoms with E-state index in [2.05, 4.69) is 25.9 Å². The molecule has 4 bridgehead atoms. The number of hydrogen-bond acceptors (Lipinski definition) is 6. The Labute approximate surface area is 201 Å². The molecule has 4 aliphatic carbocycles. The van der Waals surface area contributed by atoms with E-state index in [4.69, 9.17) is 5.41 Å². The lowest BCUT2D eigenvalue weighted by atomic mass is 9.48. The molecule has 0 radical (unpaired) electrons. The van der Waals surface area contributed by atoms with Gasteiger partial charge >= 0.3 is 5.69 Å². The van der Waals surface area contributed by atoms with Gasteiger partial charge in [0.25, 0.3) is 11.5 Å². The van der Waals surface area contributed by atoms with Crippen LogP contribution in [0, 0.1) is 33.3 Å². The van der Waals surface area contributed by atoms with Crippen molar-refractivity contribution in [1.29, 1.82) is 5.41 Å². The molecule has 0 unspecified atom stereocenters. The molecule has 11 nitrogen and oxygen atoms in total. The van der Waals surface area contributed by atoms with Crippen LogP contribution in [0.5, 0.6) is 5.88 Å². The summed E-state index contributed by atoms with van der Waals surface area (Å²) in [6.07, 6.45) is 8.33. The van der Waals surface area contributed by atoms with Crippen LogP contribution in [-0.2, 0) is 5.41 Å². The fraction of sp³-hybridized carbons (Fsp3) is 0.455. The van der Waals surface area contributed by atoms with Crippen molar-refractivity contribution in [3.8, 4) is 11.6 Å². The number of hydrogen-bond donors (Lipinski definition) is 4. The largest absolute Gasteiger partial charge is 0.493 e. The van der Waals surface area contributed by atoms with Crippen molar-refractivity contribution in [2.75, 3.05) is 0 Å². The maximum absolute atomic E-state index is 12.6. The minimum Gasteiger partial charge on any atom is -0.493 e. The Kier molecular flexibility index (Phi) is 5.42. The maximum Gasteiger partial charge on any atom is 0.335 e. The fourth-order valence-electron chi connectivity index (χ4n) is 6.61. The van der Waals surface area contributed by atoms with Crippen molar-refractivity contribution in [1.82, 2.24) is 15.0 Å². The molecular formula is C22H23BrN6O5. The van der Waals surface area contributed by atoms with Crippen LogP contribution in [0.15, 0.2) is 37.3 Å². The minimum absolute atomic E-state index is 0.149. The smallest absolute Gasteiger partial charge is 0.335 e. The Hall–Kier alpha value is -3.28. The third-order valence-corrected chi connectivity index (χ3v) is 8.12. The summed E-state index contributed by atoms with van der Waals surface area (Å²) in [5, 5.41) is 27.5. The number of aromatic nitrogens is 2. The predicted molar refractivity (Wildman–Crippen MR) is 127 cm³/mol. The minimum atomic E-state index is -0.979. The van der Waals surface area contributed by atoms with E-state index in [1.165, 1.54) is 49.5 Å². The van der Waals surface area contributed by atoms with Crippen molar-refractivity contribution in [3.05, 3.63) is 64.8 Å². The van der Waals surface area contributed by atoms with Gasteiger partial charge in [0.05, 0.1) is 5.69 Å². The number of guanidine groups is 1. The van der Waals surface area contributed by atoms with Gasteiger partial charge in [-0.3, -0.25) is 15.2 Å². The molecule has 6 rings (SSSR count). The first-order chi connectivity index (χ1) is 16.1. The van der Waals surface area contributed by atoms with Gasteiger partial charge < -0.3 is 5.11 Å². The lowest BCUT2D eigenvalue weighted by Gasteiger charge is -2.57. The monoisotopic (exact) mass is 530 g/mol. The van der Waals surface area contributed by atoms with Crippen molar-refractivity contribution in [2.24, 2.45) is 22.7 Å². The summed E-state index contributed by atoms with van der Waals surface area (Å²) in [6.45, 7) is 0. The molecule has 4 fully saturated rings. The van der Waals surface area contributed by atoms with Gasteiger partial charge in [0.15, 0.2) is 5.03 Å². The van der Waals surface area contributed by atoms with E-state index in [1.54, 1.807) is 6.07 Å². The molecule has 0 spiro atoms. The lowest BCUT2D eigenvalue weighted by molar-refractivity contribution is -0.525. The molecule has 0 atom stereocenters. The average Bonchev–Trinajstić information content (AvgIpc) is 2.73. The van der Waals surface area contributed by atoms with E-state index in [0.29, 0.717) is 10.2 Å². The van der Waals surface area contributed by atoms with E-state index >= 15 is 0 Å². The molecule has 4 aliphatic rings. The second-order valence-electron chi connectivity index (χ2n) is 9.67. The van der Waals surface area contributed by atoms with Crippen LogP contribution >= 0.6 is 15.9 Å². The van der Waals surface area contributed by atoms with Gasteiger partial charge in [-0.25, -0.2) is 24.5 Å². The van der Waals surface area contributed by atoms with Crippen LogP contribution in [0.25, 0.3) is 5.69 Å². The average molecular weight is 531 g/mol. The Morgan fingerprint density at radius 2 is 1.88 bits per heavy atom. The standard InChI is InChI=1S/C22H23BrN6O5/c23-16-6-14(22-7-11-3-12(8-22)5-13(4-11)9-22)1-2-17(16)28-19(31)15(18(30)26-21(28)32)10-25-20(24)27-29(33)34/h1-2,6,10-13,31H,3-5,7-9H2,(H2,24,27)(H,26,30,32). The van der Waals surface area contributed by atoms with Gasteiger partial charge in [0, 0.05) is 10.7 Å². The summed E-state index contributed by atoms with van der Waals surface area (Å²) in [5.74, 6) is 0.806. The number of nitrogens with one attached hydrogen (secondary N) is 3. The molecule has 2 aromatic rings. The molecule has 1 aromatic carbocycles. The van der Waals surface area contributed by atoms with Crippen molar-refractivity contribution < 1.29 is 10.1 Å². The first-order valence-corrected chi connectivity index (χ1v) is 11.9. The lowest BCUT2D eigenvalue weighted by Crippen LogP contribution is -2.48. The molecular weight excluding hydrogens is 508 g/mol. The third kappa shape index (κ3) is 3.85. The van der Waals surface area contributed by atoms with Gasteiger partial charge in [-0.1, -0.05) is 11.5 Å². The first-order valence-electron chi connectivity index (χ1n) is 11.1. The zero-order chi connectivity index (χ0) is 24.2. The third-order valence-electron chi connectivity index (χ3n) is 7.48. The first kappa shape index (κ1) is 22.5. The van der Waals surface area contributed by atoms with Crippen LogP contribution in [-0.4, -0.2) is 31.9 Å². The molecule has 4 N–H and O–H groups in total. The Balaban J connectivity index is 1.52. The maximum atomic E-state index is 12.6. The number of nitro groups is 1. The number of H-pyrrole nitrogens is 1. The highest BCUT2D eigenvalue weighted by Crippen LogP contribution is 2.60. The predicted octanol–water partition coefficient (Wildman–Crippen LogP) is 2.60. The number of hydrazine groups is 1. The summed E-state index contributed by atoms with van der Waals surface area (Å²) in [7, 11) is 0. The number of aromatic hydroxyl groups is 1. The molecule has 0 saturated heterocycles.